The lowest BCUT2D eigenvalue weighted by molar-refractivity contribution is -0.137. The Balaban J connectivity index is 1.51. The predicted octanol–water partition coefficient (Wildman–Crippen LogP) is 5.76. The van der Waals surface area contributed by atoms with Crippen molar-refractivity contribution >= 4 is 6.29 Å². The van der Waals surface area contributed by atoms with Gasteiger partial charge in [0.25, 0.3) is 0 Å². The van der Waals surface area contributed by atoms with Crippen molar-refractivity contribution in [3.05, 3.63) is 34.9 Å². The highest BCUT2D eigenvalue weighted by Crippen LogP contribution is 2.56. The molecule has 6 heteroatoms. The molecule has 4 fully saturated rings. The number of hydrogen-bond acceptors (Lipinski definition) is 3. The molecule has 0 bridgehead atoms. The molecule has 0 amide bonds. The molecule has 0 radical (unpaired) electrons. The van der Waals surface area contributed by atoms with Crippen molar-refractivity contribution < 1.29 is 18.0 Å². The van der Waals surface area contributed by atoms with Crippen LogP contribution in [0.4, 0.5) is 13.2 Å². The van der Waals surface area contributed by atoms with E-state index < -0.39 is 11.7 Å². The number of carbonyl (C=O) groups is 1. The van der Waals surface area contributed by atoms with Gasteiger partial charge in [-0.3, -0.25) is 4.79 Å². The number of halogens is 3. The van der Waals surface area contributed by atoms with Crippen molar-refractivity contribution in [3.8, 4) is 0 Å². The van der Waals surface area contributed by atoms with Crippen LogP contribution in [0.15, 0.2) is 18.2 Å². The minimum Gasteiger partial charge on any atom is -0.311 e. The fourth-order valence-electron chi connectivity index (χ4n) is 7.65. The molecule has 0 atom stereocenters. The number of rotatable bonds is 3. The summed E-state index contributed by atoms with van der Waals surface area (Å²) in [4.78, 5) is 12.0. The lowest BCUT2D eigenvalue weighted by Gasteiger charge is -2.53. The normalized spacial score (nSPS) is 37.9. The molecule has 5 rings (SSSR count). The molecular formula is C26H35F3N2O. The first kappa shape index (κ1) is 22.4. The van der Waals surface area contributed by atoms with Gasteiger partial charge in [0, 0.05) is 16.6 Å². The van der Waals surface area contributed by atoms with Gasteiger partial charge in [-0.15, -0.1) is 0 Å². The highest BCUT2D eigenvalue weighted by atomic mass is 19.4. The van der Waals surface area contributed by atoms with E-state index in [-0.39, 0.29) is 16.5 Å². The molecule has 2 spiro atoms. The Labute approximate surface area is 188 Å². The second-order valence-corrected chi connectivity index (χ2v) is 11.0. The number of carbonyl (C=O) groups excluding carboxylic acids is 1. The van der Waals surface area contributed by atoms with Crippen LogP contribution >= 0.6 is 0 Å². The van der Waals surface area contributed by atoms with Crippen LogP contribution in [0.2, 0.25) is 0 Å². The number of hydrogen-bond donors (Lipinski definition) is 2. The van der Waals surface area contributed by atoms with Gasteiger partial charge in [-0.1, -0.05) is 6.07 Å². The van der Waals surface area contributed by atoms with E-state index in [0.29, 0.717) is 17.0 Å². The lowest BCUT2D eigenvalue weighted by atomic mass is 9.54. The maximum atomic E-state index is 13.7. The summed E-state index contributed by atoms with van der Waals surface area (Å²) < 4.78 is 41.0. The average Bonchev–Trinajstić information content (AvgIpc) is 3.44. The topological polar surface area (TPSA) is 41.1 Å². The molecule has 1 aromatic rings. The Morgan fingerprint density at radius 1 is 0.844 bits per heavy atom. The van der Waals surface area contributed by atoms with Crippen molar-refractivity contribution in [2.75, 3.05) is 13.1 Å². The van der Waals surface area contributed by atoms with Crippen LogP contribution in [-0.4, -0.2) is 30.5 Å². The molecule has 2 saturated carbocycles. The highest BCUT2D eigenvalue weighted by molar-refractivity contribution is 5.78. The summed E-state index contributed by atoms with van der Waals surface area (Å²) in [5, 5.41) is 7.43. The smallest absolute Gasteiger partial charge is 0.311 e. The molecule has 2 aliphatic heterocycles. The van der Waals surface area contributed by atoms with E-state index >= 15 is 0 Å². The summed E-state index contributed by atoms with van der Waals surface area (Å²) >= 11 is 0. The molecule has 0 unspecified atom stereocenters. The second-order valence-electron chi connectivity index (χ2n) is 11.0. The van der Waals surface area contributed by atoms with Crippen LogP contribution < -0.4 is 10.6 Å². The van der Waals surface area contributed by atoms with Gasteiger partial charge in [-0.05, 0) is 119 Å². The Kier molecular flexibility index (Phi) is 5.68. The Bertz CT molecular complexity index is 833. The molecule has 3 nitrogen and oxygen atoms in total. The van der Waals surface area contributed by atoms with E-state index in [2.05, 4.69) is 10.6 Å². The van der Waals surface area contributed by atoms with Gasteiger partial charge in [0.1, 0.15) is 6.29 Å². The molecule has 1 aromatic carbocycles. The zero-order valence-corrected chi connectivity index (χ0v) is 18.8. The third kappa shape index (κ3) is 3.81. The molecule has 32 heavy (non-hydrogen) atoms. The number of alkyl halides is 3. The van der Waals surface area contributed by atoms with Gasteiger partial charge in [-0.2, -0.15) is 13.2 Å². The van der Waals surface area contributed by atoms with Crippen molar-refractivity contribution in [1.82, 2.24) is 10.6 Å². The van der Waals surface area contributed by atoms with E-state index in [9.17, 15) is 18.0 Å². The number of benzene rings is 1. The molecule has 2 N–H and O–H groups in total. The summed E-state index contributed by atoms with van der Waals surface area (Å²) in [6.45, 7) is 2.11. The average molecular weight is 449 g/mol. The second kappa shape index (κ2) is 8.12. The summed E-state index contributed by atoms with van der Waals surface area (Å²) in [7, 11) is 0. The molecular weight excluding hydrogens is 413 g/mol. The maximum absolute atomic E-state index is 13.7. The molecule has 2 heterocycles. The van der Waals surface area contributed by atoms with Crippen molar-refractivity contribution in [2.45, 2.75) is 99.7 Å². The standard InChI is InChI=1S/C26H35F3N2O/c27-26(28,29)21-4-3-19(18-32)22(17-21)25(13-11-24(12-14-25)8-2-16-31-24)20-5-9-23(10-6-20)7-1-15-30-23/h3-4,17-18,20,30-31H,1-2,5-16H2. The van der Waals surface area contributed by atoms with Crippen molar-refractivity contribution in [2.24, 2.45) is 5.92 Å². The summed E-state index contributed by atoms with van der Waals surface area (Å²) in [6, 6.07) is 3.80. The fraction of sp³-hybridized carbons (Fsp3) is 0.731. The lowest BCUT2D eigenvalue weighted by Crippen LogP contribution is -2.52. The molecule has 0 aromatic heterocycles. The van der Waals surface area contributed by atoms with Crippen LogP contribution in [0, 0.1) is 5.92 Å². The summed E-state index contributed by atoms with van der Waals surface area (Å²) in [6.07, 6.45) is 9.10. The zero-order valence-electron chi connectivity index (χ0n) is 18.8. The third-order valence-corrected chi connectivity index (χ3v) is 9.53. The Morgan fingerprint density at radius 3 is 1.94 bits per heavy atom. The molecule has 4 aliphatic rings. The minimum absolute atomic E-state index is 0.148. The predicted molar refractivity (Wildman–Crippen MR) is 119 cm³/mol. The van der Waals surface area contributed by atoms with Crippen molar-refractivity contribution in [1.29, 1.82) is 0 Å². The third-order valence-electron chi connectivity index (χ3n) is 9.53. The van der Waals surface area contributed by atoms with Crippen molar-refractivity contribution in [3.63, 3.8) is 0 Å². The molecule has 2 saturated heterocycles. The van der Waals surface area contributed by atoms with Crippen LogP contribution in [0.3, 0.4) is 0 Å². The highest BCUT2D eigenvalue weighted by Gasteiger charge is 2.51. The first-order valence-electron chi connectivity index (χ1n) is 12.5. The van der Waals surface area contributed by atoms with Gasteiger partial charge in [0.15, 0.2) is 0 Å². The number of nitrogens with one attached hydrogen (secondary N) is 2. The van der Waals surface area contributed by atoms with E-state index in [0.717, 1.165) is 83.2 Å². The van der Waals surface area contributed by atoms with E-state index in [4.69, 9.17) is 0 Å². The Morgan fingerprint density at radius 2 is 1.44 bits per heavy atom. The van der Waals surface area contributed by atoms with Gasteiger partial charge >= 0.3 is 6.18 Å². The van der Waals surface area contributed by atoms with Crippen LogP contribution in [0.5, 0.6) is 0 Å². The number of aldehydes is 1. The minimum atomic E-state index is -4.40. The fourth-order valence-corrected chi connectivity index (χ4v) is 7.65. The first-order chi connectivity index (χ1) is 15.3. The quantitative estimate of drug-likeness (QED) is 0.578. The van der Waals surface area contributed by atoms with Gasteiger partial charge < -0.3 is 10.6 Å². The van der Waals surface area contributed by atoms with E-state index in [1.165, 1.54) is 31.4 Å². The zero-order chi connectivity index (χ0) is 22.5. The summed E-state index contributed by atoms with van der Waals surface area (Å²) in [5.41, 5.74) is 0.537. The Hall–Kier alpha value is -1.40. The van der Waals surface area contributed by atoms with Gasteiger partial charge in [0.05, 0.1) is 5.56 Å². The maximum Gasteiger partial charge on any atom is 0.416 e. The van der Waals surface area contributed by atoms with Crippen LogP contribution in [0.1, 0.15) is 98.5 Å². The monoisotopic (exact) mass is 448 g/mol. The summed E-state index contributed by atoms with van der Waals surface area (Å²) in [5.74, 6) is 0.330. The van der Waals surface area contributed by atoms with Crippen LogP contribution in [0.25, 0.3) is 0 Å². The SMILES string of the molecule is O=Cc1ccc(C(F)(F)F)cc1C1(C2CCC3(CCCN3)CC2)CCC2(CCCN2)CC1. The molecule has 2 aliphatic carbocycles. The van der Waals surface area contributed by atoms with Crippen LogP contribution in [-0.2, 0) is 11.6 Å². The van der Waals surface area contributed by atoms with Gasteiger partial charge in [0.2, 0.25) is 0 Å². The largest absolute Gasteiger partial charge is 0.416 e. The van der Waals surface area contributed by atoms with E-state index in [1.54, 1.807) is 0 Å². The van der Waals surface area contributed by atoms with E-state index in [1.807, 2.05) is 0 Å². The first-order valence-corrected chi connectivity index (χ1v) is 12.5. The molecule has 176 valence electrons. The van der Waals surface area contributed by atoms with Gasteiger partial charge in [-0.25, -0.2) is 0 Å².